The third kappa shape index (κ3) is 2.36. The second-order valence-corrected chi connectivity index (χ2v) is 7.02. The number of hydrogen-bond donors (Lipinski definition) is 0. The molecule has 0 heterocycles. The molecule has 5 rings (SSSR count). The van der Waals surface area contributed by atoms with Crippen LogP contribution in [-0.4, -0.2) is 20.0 Å². The van der Waals surface area contributed by atoms with Crippen LogP contribution in [0.1, 0.15) is 21.5 Å². The molecule has 0 saturated heterocycles. The van der Waals surface area contributed by atoms with Crippen LogP contribution >= 0.6 is 0 Å². The molecule has 0 bridgehead atoms. The number of ether oxygens (including phenoxy) is 2. The van der Waals surface area contributed by atoms with Gasteiger partial charge in [-0.3, -0.25) is 4.79 Å². The maximum absolute atomic E-state index is 13.5. The summed E-state index contributed by atoms with van der Waals surface area (Å²) in [5.41, 5.74) is 2.53. The van der Waals surface area contributed by atoms with Crippen molar-refractivity contribution in [2.75, 3.05) is 14.2 Å². The molecule has 0 amide bonds. The molecule has 0 fully saturated rings. The van der Waals surface area contributed by atoms with E-state index in [9.17, 15) is 4.79 Å². The van der Waals surface area contributed by atoms with E-state index in [0.717, 1.165) is 22.6 Å². The lowest BCUT2D eigenvalue weighted by molar-refractivity contribution is 0.103. The van der Waals surface area contributed by atoms with Crippen molar-refractivity contribution in [2.45, 2.75) is 6.42 Å². The molecule has 4 aromatic rings. The van der Waals surface area contributed by atoms with E-state index >= 15 is 0 Å². The van der Waals surface area contributed by atoms with Crippen LogP contribution in [0.2, 0.25) is 0 Å². The van der Waals surface area contributed by atoms with Crippen LogP contribution < -0.4 is 14.7 Å². The molecule has 136 valence electrons. The topological polar surface area (TPSA) is 35.5 Å². The van der Waals surface area contributed by atoms with Crippen LogP contribution in [0.15, 0.2) is 54.6 Å². The van der Waals surface area contributed by atoms with Crippen LogP contribution in [0.5, 0.6) is 11.5 Å². The van der Waals surface area contributed by atoms with Gasteiger partial charge in [0.25, 0.3) is 0 Å². The lowest BCUT2D eigenvalue weighted by atomic mass is 9.87. The van der Waals surface area contributed by atoms with Crippen LogP contribution in [0.3, 0.4) is 0 Å². The third-order valence-corrected chi connectivity index (χ3v) is 5.56. The molecule has 3 heteroatoms. The summed E-state index contributed by atoms with van der Waals surface area (Å²) in [7, 11) is 3.17. The van der Waals surface area contributed by atoms with E-state index in [-0.39, 0.29) is 5.78 Å². The number of carbonyl (C=O) groups is 1. The number of methoxy groups -OCH3 is 2. The van der Waals surface area contributed by atoms with Crippen LogP contribution in [-0.2, 0) is 6.42 Å². The van der Waals surface area contributed by atoms with Crippen molar-refractivity contribution in [3.8, 4) is 11.5 Å². The van der Waals surface area contributed by atoms with Crippen LogP contribution in [0.4, 0.5) is 0 Å². The summed E-state index contributed by atoms with van der Waals surface area (Å²) in [6, 6.07) is 17.8. The second kappa shape index (κ2) is 6.31. The van der Waals surface area contributed by atoms with Gasteiger partial charge in [-0.1, -0.05) is 18.2 Å². The molecule has 0 N–H and O–H groups in total. The minimum absolute atomic E-state index is 0.0477. The van der Waals surface area contributed by atoms with Gasteiger partial charge in [-0.25, -0.2) is 0 Å². The van der Waals surface area contributed by atoms with Gasteiger partial charge >= 0.3 is 0 Å². The minimum Gasteiger partial charge on any atom is -0.497 e. The summed E-state index contributed by atoms with van der Waals surface area (Å²) in [6.07, 6.45) is 5.28. The summed E-state index contributed by atoms with van der Waals surface area (Å²) < 4.78 is 10.7. The standard InChI is InChI=1S/C25H19O3/c1-27-18-10-13-21(22(14-18)28-2)25(26)20-12-9-17-7-6-15-4-3-5-16-8-11-19(20)24(17)23(15)16/h3-4,6-14H,5H2,1-2H3/q+1. The first-order chi connectivity index (χ1) is 13.7. The molecule has 3 nitrogen and oxygen atoms in total. The Kier molecular flexibility index (Phi) is 3.76. The smallest absolute Gasteiger partial charge is 0.197 e. The highest BCUT2D eigenvalue weighted by Gasteiger charge is 2.22. The highest BCUT2D eigenvalue weighted by atomic mass is 16.5. The van der Waals surface area contributed by atoms with E-state index in [4.69, 9.17) is 9.47 Å². The predicted octanol–water partition coefficient (Wildman–Crippen LogP) is 4.50. The van der Waals surface area contributed by atoms with Gasteiger partial charge in [0, 0.05) is 35.1 Å². The first-order valence-corrected chi connectivity index (χ1v) is 9.28. The van der Waals surface area contributed by atoms with Crippen molar-refractivity contribution in [2.24, 2.45) is 0 Å². The molecule has 0 saturated carbocycles. The Morgan fingerprint density at radius 2 is 1.71 bits per heavy atom. The SMILES string of the molecule is COc1ccc(C(=O)c2ccc3ccc4c5c(ccc2c35)C[CH+]C=4)c(OC)c1. The van der Waals surface area contributed by atoms with Crippen LogP contribution in [0, 0.1) is 6.42 Å². The summed E-state index contributed by atoms with van der Waals surface area (Å²) >= 11 is 0. The molecule has 1 aliphatic carbocycles. The Labute approximate surface area is 163 Å². The molecule has 0 spiro atoms. The quantitative estimate of drug-likeness (QED) is 0.393. The van der Waals surface area contributed by atoms with Crippen molar-refractivity contribution in [1.82, 2.24) is 0 Å². The molecule has 0 radical (unpaired) electrons. The number of benzene rings is 4. The van der Waals surface area contributed by atoms with Gasteiger partial charge in [-0.15, -0.1) is 0 Å². The van der Waals surface area contributed by atoms with E-state index in [1.54, 1.807) is 32.4 Å². The van der Waals surface area contributed by atoms with Gasteiger partial charge in [0.15, 0.2) is 5.78 Å². The number of rotatable bonds is 4. The van der Waals surface area contributed by atoms with Gasteiger partial charge in [-0.05, 0) is 35.0 Å². The van der Waals surface area contributed by atoms with E-state index in [1.165, 1.54) is 16.2 Å². The van der Waals surface area contributed by atoms with Gasteiger partial charge in [0.05, 0.1) is 31.6 Å². The molecule has 0 aromatic heterocycles. The number of hydrogen-bond acceptors (Lipinski definition) is 3. The zero-order valence-corrected chi connectivity index (χ0v) is 15.8. The Hall–Kier alpha value is -3.46. The fourth-order valence-corrected chi connectivity index (χ4v) is 4.20. The number of carbonyl (C=O) groups excluding carboxylic acids is 1. The highest BCUT2D eigenvalue weighted by molar-refractivity contribution is 6.23. The maximum atomic E-state index is 13.5. The Bertz CT molecular complexity index is 1300. The fourth-order valence-electron chi connectivity index (χ4n) is 4.20. The van der Waals surface area contributed by atoms with Gasteiger partial charge in [-0.2, -0.15) is 0 Å². The van der Waals surface area contributed by atoms with Crippen molar-refractivity contribution >= 4 is 33.4 Å². The molecule has 1 aliphatic rings. The summed E-state index contributed by atoms with van der Waals surface area (Å²) in [4.78, 5) is 13.5. The highest BCUT2D eigenvalue weighted by Crippen LogP contribution is 2.34. The van der Waals surface area contributed by atoms with Gasteiger partial charge < -0.3 is 9.47 Å². The maximum Gasteiger partial charge on any atom is 0.197 e. The molecular formula is C25H19O3+. The van der Waals surface area contributed by atoms with E-state index in [2.05, 4.69) is 36.8 Å². The molecule has 0 atom stereocenters. The van der Waals surface area contributed by atoms with E-state index in [0.29, 0.717) is 22.6 Å². The van der Waals surface area contributed by atoms with Crippen molar-refractivity contribution in [1.29, 1.82) is 0 Å². The van der Waals surface area contributed by atoms with E-state index < -0.39 is 0 Å². The lowest BCUT2D eigenvalue weighted by Crippen LogP contribution is -2.11. The van der Waals surface area contributed by atoms with E-state index in [1.807, 2.05) is 12.1 Å². The van der Waals surface area contributed by atoms with Crippen molar-refractivity contribution < 1.29 is 14.3 Å². The predicted molar refractivity (Wildman–Crippen MR) is 112 cm³/mol. The van der Waals surface area contributed by atoms with Crippen molar-refractivity contribution in [3.05, 3.63) is 82.9 Å². The molecule has 4 aromatic carbocycles. The Morgan fingerprint density at radius 3 is 2.54 bits per heavy atom. The van der Waals surface area contributed by atoms with Crippen molar-refractivity contribution in [3.63, 3.8) is 0 Å². The van der Waals surface area contributed by atoms with Gasteiger partial charge in [0.1, 0.15) is 22.8 Å². The van der Waals surface area contributed by atoms with Crippen LogP contribution in [0.25, 0.3) is 27.6 Å². The summed E-state index contributed by atoms with van der Waals surface area (Å²) in [5.74, 6) is 1.13. The fraction of sp³-hybridized carbons (Fsp3) is 0.120. The minimum atomic E-state index is -0.0477. The molecular weight excluding hydrogens is 348 g/mol. The number of ketones is 1. The average Bonchev–Trinajstić information content (AvgIpc) is 2.76. The zero-order valence-electron chi connectivity index (χ0n) is 15.8. The summed E-state index contributed by atoms with van der Waals surface area (Å²) in [5, 5.41) is 5.78. The normalized spacial score (nSPS) is 12.5. The molecule has 0 aliphatic heterocycles. The second-order valence-electron chi connectivity index (χ2n) is 7.02. The van der Waals surface area contributed by atoms with Gasteiger partial charge in [0.2, 0.25) is 0 Å². The first kappa shape index (κ1) is 16.7. The average molecular weight is 367 g/mol. The zero-order chi connectivity index (χ0) is 19.3. The summed E-state index contributed by atoms with van der Waals surface area (Å²) in [6.45, 7) is 0. The lowest BCUT2D eigenvalue weighted by Gasteiger charge is -2.14. The third-order valence-electron chi connectivity index (χ3n) is 5.56. The molecule has 28 heavy (non-hydrogen) atoms. The Balaban J connectivity index is 1.77. The molecule has 0 unspecified atom stereocenters. The Morgan fingerprint density at radius 1 is 0.893 bits per heavy atom. The first-order valence-electron chi connectivity index (χ1n) is 9.28. The monoisotopic (exact) mass is 367 g/mol. The largest absolute Gasteiger partial charge is 0.497 e.